The highest BCUT2D eigenvalue weighted by Gasteiger charge is 2.18. The summed E-state index contributed by atoms with van der Waals surface area (Å²) >= 11 is 1.54. The lowest BCUT2D eigenvalue weighted by molar-refractivity contribution is 0.0432. The van der Waals surface area contributed by atoms with Gasteiger partial charge < -0.3 is 13.7 Å². The third-order valence-electron chi connectivity index (χ3n) is 4.28. The van der Waals surface area contributed by atoms with Gasteiger partial charge in [-0.1, -0.05) is 23.4 Å². The third kappa shape index (κ3) is 3.41. The van der Waals surface area contributed by atoms with Gasteiger partial charge in [-0.2, -0.15) is 16.3 Å². The Labute approximate surface area is 168 Å². The minimum Gasteiger partial charge on any atom is -0.463 e. The van der Waals surface area contributed by atoms with Crippen LogP contribution in [0, 0.1) is 0 Å². The van der Waals surface area contributed by atoms with Crippen LogP contribution in [0.15, 0.2) is 74.5 Å². The first-order valence-electron chi connectivity index (χ1n) is 8.74. The Balaban J connectivity index is 1.42. The molecule has 29 heavy (non-hydrogen) atoms. The lowest BCUT2D eigenvalue weighted by Crippen LogP contribution is -2.07. The van der Waals surface area contributed by atoms with Crippen molar-refractivity contribution in [3.8, 4) is 22.8 Å². The van der Waals surface area contributed by atoms with E-state index in [2.05, 4.69) is 15.1 Å². The monoisotopic (exact) mass is 403 g/mol. The van der Waals surface area contributed by atoms with Gasteiger partial charge in [-0.3, -0.25) is 0 Å². The number of thiophene rings is 1. The van der Waals surface area contributed by atoms with E-state index in [-0.39, 0.29) is 12.5 Å². The molecule has 8 heteroatoms. The molecule has 0 unspecified atom stereocenters. The largest absolute Gasteiger partial charge is 0.463 e. The second-order valence-electron chi connectivity index (χ2n) is 6.15. The average molecular weight is 403 g/mol. The quantitative estimate of drug-likeness (QED) is 0.383. The summed E-state index contributed by atoms with van der Waals surface area (Å²) in [4.78, 5) is 21.7. The van der Waals surface area contributed by atoms with Gasteiger partial charge in [0.1, 0.15) is 5.69 Å². The second kappa shape index (κ2) is 7.33. The molecule has 0 fully saturated rings. The van der Waals surface area contributed by atoms with Gasteiger partial charge in [0.25, 0.3) is 5.89 Å². The molecule has 0 radical (unpaired) electrons. The number of carbonyl (C=O) groups is 1. The van der Waals surface area contributed by atoms with Crippen molar-refractivity contribution in [1.29, 1.82) is 0 Å². The maximum absolute atomic E-state index is 12.8. The molecule has 0 saturated heterocycles. The Hall–Kier alpha value is -3.78. The molecule has 0 N–H and O–H groups in total. The first-order valence-corrected chi connectivity index (χ1v) is 9.68. The number of esters is 1. The summed E-state index contributed by atoms with van der Waals surface area (Å²) in [6.45, 7) is -0.122. The van der Waals surface area contributed by atoms with E-state index in [1.807, 2.05) is 41.1 Å². The summed E-state index contributed by atoms with van der Waals surface area (Å²) in [5.74, 6) is 0.754. The van der Waals surface area contributed by atoms with E-state index in [0.717, 1.165) is 5.56 Å². The highest BCUT2D eigenvalue weighted by molar-refractivity contribution is 7.08. The number of hydrogen-bond acceptors (Lipinski definition) is 8. The highest BCUT2D eigenvalue weighted by Crippen LogP contribution is 2.26. The minimum atomic E-state index is -0.508. The molecule has 1 aromatic carbocycles. The molecule has 0 atom stereocenters. The second-order valence-corrected chi connectivity index (χ2v) is 6.93. The van der Waals surface area contributed by atoms with E-state index in [9.17, 15) is 4.79 Å². The van der Waals surface area contributed by atoms with Crippen molar-refractivity contribution in [1.82, 2.24) is 15.1 Å². The molecule has 0 saturated carbocycles. The molecule has 0 spiro atoms. The zero-order chi connectivity index (χ0) is 19.6. The van der Waals surface area contributed by atoms with Crippen LogP contribution in [0.25, 0.3) is 33.7 Å². The van der Waals surface area contributed by atoms with Crippen LogP contribution >= 0.6 is 11.3 Å². The number of fused-ring (bicyclic) bond motifs is 1. The van der Waals surface area contributed by atoms with E-state index in [0.29, 0.717) is 33.7 Å². The molecule has 5 rings (SSSR count). The maximum Gasteiger partial charge on any atom is 0.339 e. The Morgan fingerprint density at radius 2 is 2.03 bits per heavy atom. The van der Waals surface area contributed by atoms with E-state index >= 15 is 0 Å². The van der Waals surface area contributed by atoms with Crippen LogP contribution in [0.3, 0.4) is 0 Å². The number of rotatable bonds is 5. The molecular weight excluding hydrogens is 390 g/mol. The number of pyridine rings is 1. The molecule has 4 aromatic heterocycles. The molecule has 0 aliphatic heterocycles. The molecule has 0 amide bonds. The zero-order valence-electron chi connectivity index (χ0n) is 14.9. The van der Waals surface area contributed by atoms with E-state index < -0.39 is 5.97 Å². The number of carbonyl (C=O) groups excluding carboxylic acids is 1. The lowest BCUT2D eigenvalue weighted by atomic mass is 10.1. The van der Waals surface area contributed by atoms with Gasteiger partial charge in [0.05, 0.1) is 17.3 Å². The lowest BCUT2D eigenvalue weighted by Gasteiger charge is -2.08. The SMILES string of the molecule is O=C(OCc1nc(-c2ccsc2)no1)c1cc(-c2ccco2)nc2ccccc12. The van der Waals surface area contributed by atoms with Crippen LogP contribution in [-0.4, -0.2) is 21.1 Å². The van der Waals surface area contributed by atoms with E-state index in [1.165, 1.54) is 11.3 Å². The van der Waals surface area contributed by atoms with Crippen molar-refractivity contribution in [2.45, 2.75) is 6.61 Å². The van der Waals surface area contributed by atoms with Crippen LogP contribution < -0.4 is 0 Å². The van der Waals surface area contributed by atoms with Gasteiger partial charge in [-0.25, -0.2) is 9.78 Å². The molecule has 0 aliphatic carbocycles. The fourth-order valence-electron chi connectivity index (χ4n) is 2.92. The highest BCUT2D eigenvalue weighted by atomic mass is 32.1. The molecule has 7 nitrogen and oxygen atoms in total. The maximum atomic E-state index is 12.8. The number of benzene rings is 1. The molecule has 0 aliphatic rings. The van der Waals surface area contributed by atoms with Gasteiger partial charge in [0.2, 0.25) is 5.82 Å². The number of ether oxygens (including phenoxy) is 1. The average Bonchev–Trinajstić information content (AvgIpc) is 3.53. The standard InChI is InChI=1S/C21H13N3O4S/c25-21(27-11-19-23-20(24-28-19)13-7-9-29-12-13)15-10-17(18-6-3-8-26-18)22-16-5-2-1-4-14(15)16/h1-10,12H,11H2. The Bertz CT molecular complexity index is 1280. The number of para-hydroxylation sites is 1. The van der Waals surface area contributed by atoms with Crippen molar-refractivity contribution in [3.63, 3.8) is 0 Å². The van der Waals surface area contributed by atoms with E-state index in [4.69, 9.17) is 13.7 Å². The Morgan fingerprint density at radius 3 is 2.86 bits per heavy atom. The van der Waals surface area contributed by atoms with Crippen molar-refractivity contribution < 1.29 is 18.5 Å². The van der Waals surface area contributed by atoms with E-state index in [1.54, 1.807) is 24.5 Å². The Kier molecular flexibility index (Phi) is 4.38. The van der Waals surface area contributed by atoms with Crippen LogP contribution in [0.4, 0.5) is 0 Å². The molecular formula is C21H13N3O4S. The van der Waals surface area contributed by atoms with Gasteiger partial charge >= 0.3 is 5.97 Å². The molecule has 5 aromatic rings. The zero-order valence-corrected chi connectivity index (χ0v) is 15.8. The molecule has 4 heterocycles. The first-order chi connectivity index (χ1) is 14.3. The van der Waals surface area contributed by atoms with Crippen molar-refractivity contribution in [3.05, 3.63) is 77.0 Å². The number of furan rings is 1. The summed E-state index contributed by atoms with van der Waals surface area (Å²) in [7, 11) is 0. The van der Waals surface area contributed by atoms with Gasteiger partial charge in [-0.05, 0) is 35.7 Å². The summed E-state index contributed by atoms with van der Waals surface area (Å²) in [5, 5.41) is 8.45. The van der Waals surface area contributed by atoms with Crippen LogP contribution in [0.1, 0.15) is 16.2 Å². The van der Waals surface area contributed by atoms with Crippen LogP contribution in [-0.2, 0) is 11.3 Å². The van der Waals surface area contributed by atoms with Gasteiger partial charge in [0, 0.05) is 16.3 Å². The molecule has 142 valence electrons. The van der Waals surface area contributed by atoms with Crippen molar-refractivity contribution >= 4 is 28.2 Å². The predicted molar refractivity (Wildman–Crippen MR) is 106 cm³/mol. The fraction of sp³-hybridized carbons (Fsp3) is 0.0476. The van der Waals surface area contributed by atoms with Crippen LogP contribution in [0.2, 0.25) is 0 Å². The summed E-state index contributed by atoms with van der Waals surface area (Å²) < 4.78 is 16.0. The normalized spacial score (nSPS) is 11.0. The summed E-state index contributed by atoms with van der Waals surface area (Å²) in [6, 6.07) is 14.5. The summed E-state index contributed by atoms with van der Waals surface area (Å²) in [6.07, 6.45) is 1.56. The van der Waals surface area contributed by atoms with Crippen LogP contribution in [0.5, 0.6) is 0 Å². The number of nitrogens with zero attached hydrogens (tertiary/aromatic N) is 3. The number of hydrogen-bond donors (Lipinski definition) is 0. The Morgan fingerprint density at radius 1 is 1.10 bits per heavy atom. The van der Waals surface area contributed by atoms with Crippen molar-refractivity contribution in [2.75, 3.05) is 0 Å². The van der Waals surface area contributed by atoms with Crippen molar-refractivity contribution in [2.24, 2.45) is 0 Å². The third-order valence-corrected chi connectivity index (χ3v) is 4.97. The summed E-state index contributed by atoms with van der Waals surface area (Å²) in [5.41, 5.74) is 2.48. The predicted octanol–water partition coefficient (Wildman–Crippen LogP) is 4.96. The molecule has 0 bridgehead atoms. The smallest absolute Gasteiger partial charge is 0.339 e. The fourth-order valence-corrected chi connectivity index (χ4v) is 3.56. The topological polar surface area (TPSA) is 91.2 Å². The number of aromatic nitrogens is 3. The minimum absolute atomic E-state index is 0.122. The first kappa shape index (κ1) is 17.3. The van der Waals surface area contributed by atoms with Gasteiger partial charge in [-0.15, -0.1) is 0 Å². The van der Waals surface area contributed by atoms with Gasteiger partial charge in [0.15, 0.2) is 12.4 Å².